The third kappa shape index (κ3) is 3.54. The highest BCUT2D eigenvalue weighted by molar-refractivity contribution is 5.88. The van der Waals surface area contributed by atoms with E-state index in [9.17, 15) is 24.9 Å². The average molecular weight is 318 g/mol. The van der Waals surface area contributed by atoms with Crippen LogP contribution in [0.3, 0.4) is 0 Å². The molecule has 22 heavy (non-hydrogen) atoms. The fourth-order valence-electron chi connectivity index (χ4n) is 2.84. The van der Waals surface area contributed by atoms with Crippen molar-refractivity contribution in [2.75, 3.05) is 26.2 Å². The van der Waals surface area contributed by atoms with Gasteiger partial charge in [-0.3, -0.25) is 9.59 Å². The highest BCUT2D eigenvalue weighted by atomic mass is 16.3. The zero-order valence-electron chi connectivity index (χ0n) is 12.0. The summed E-state index contributed by atoms with van der Waals surface area (Å²) in [5.41, 5.74) is 7.97. The maximum absolute atomic E-state index is 12.3. The second-order valence-corrected chi connectivity index (χ2v) is 5.71. The first-order chi connectivity index (χ1) is 10.3. The molecule has 10 heteroatoms. The number of hydrogen-bond acceptors (Lipinski definition) is 8. The van der Waals surface area contributed by atoms with E-state index < -0.39 is 48.8 Å². The number of hydrazine groups is 1. The first-order valence-electron chi connectivity index (χ1n) is 7.08. The van der Waals surface area contributed by atoms with Gasteiger partial charge in [-0.05, 0) is 0 Å². The van der Waals surface area contributed by atoms with E-state index >= 15 is 0 Å². The normalized spacial score (nSPS) is 36.5. The molecule has 5 atom stereocenters. The summed E-state index contributed by atoms with van der Waals surface area (Å²) in [4.78, 5) is 24.8. The third-order valence-corrected chi connectivity index (χ3v) is 4.01. The Labute approximate surface area is 127 Å². The van der Waals surface area contributed by atoms with Gasteiger partial charge in [-0.15, -0.1) is 0 Å². The third-order valence-electron chi connectivity index (χ3n) is 4.01. The largest absolute Gasteiger partial charge is 0.395 e. The molecule has 2 rings (SSSR count). The molecule has 2 aliphatic heterocycles. The van der Waals surface area contributed by atoms with Crippen molar-refractivity contribution in [1.29, 1.82) is 0 Å². The molecule has 0 bridgehead atoms. The lowest BCUT2D eigenvalue weighted by molar-refractivity contribution is -0.143. The Morgan fingerprint density at radius 2 is 1.91 bits per heavy atom. The summed E-state index contributed by atoms with van der Waals surface area (Å²) in [6.45, 7) is -0.581. The standard InChI is InChI=1S/C12H22N4O6/c13-12(22)8-1-6(18)2-16(8)10(20)4-15-3-9(19)11(21)7(5-17)14-15/h6-9,11,14,17-19,21H,1-5H2,(H2,13,22)/t6-,7-,8+,9-,11-/m1/s1. The van der Waals surface area contributed by atoms with Gasteiger partial charge in [0.15, 0.2) is 0 Å². The van der Waals surface area contributed by atoms with Crippen molar-refractivity contribution in [3.8, 4) is 0 Å². The predicted molar refractivity (Wildman–Crippen MR) is 72.9 cm³/mol. The van der Waals surface area contributed by atoms with Crippen molar-refractivity contribution in [1.82, 2.24) is 15.3 Å². The molecule has 0 spiro atoms. The Kier molecular flexibility index (Phi) is 5.32. The molecule has 2 saturated heterocycles. The summed E-state index contributed by atoms with van der Waals surface area (Å²) in [6.07, 6.45) is -2.94. The number of amides is 2. The number of carbonyl (C=O) groups excluding carboxylic acids is 2. The highest BCUT2D eigenvalue weighted by Crippen LogP contribution is 2.18. The number of nitrogens with two attached hydrogens (primary N) is 1. The van der Waals surface area contributed by atoms with Gasteiger partial charge in [0.25, 0.3) is 0 Å². The Balaban J connectivity index is 1.98. The number of likely N-dealkylation sites (tertiary alicyclic amines) is 1. The average Bonchev–Trinajstić information content (AvgIpc) is 2.85. The van der Waals surface area contributed by atoms with Gasteiger partial charge in [0.05, 0.1) is 31.4 Å². The second-order valence-electron chi connectivity index (χ2n) is 5.71. The van der Waals surface area contributed by atoms with E-state index in [1.807, 2.05) is 0 Å². The Morgan fingerprint density at radius 3 is 2.50 bits per heavy atom. The highest BCUT2D eigenvalue weighted by Gasteiger charge is 2.40. The fourth-order valence-corrected chi connectivity index (χ4v) is 2.84. The summed E-state index contributed by atoms with van der Waals surface area (Å²) in [6, 6.07) is -1.64. The molecule has 126 valence electrons. The van der Waals surface area contributed by atoms with Crippen LogP contribution < -0.4 is 11.2 Å². The van der Waals surface area contributed by atoms with E-state index in [4.69, 9.17) is 10.8 Å². The van der Waals surface area contributed by atoms with Crippen molar-refractivity contribution in [2.24, 2.45) is 5.73 Å². The number of carbonyl (C=O) groups is 2. The molecule has 7 N–H and O–H groups in total. The molecule has 0 unspecified atom stereocenters. The van der Waals surface area contributed by atoms with Gasteiger partial charge in [0.1, 0.15) is 12.1 Å². The number of nitrogens with one attached hydrogen (secondary N) is 1. The zero-order chi connectivity index (χ0) is 16.4. The molecule has 0 aromatic heterocycles. The van der Waals surface area contributed by atoms with Crippen molar-refractivity contribution < 1.29 is 30.0 Å². The van der Waals surface area contributed by atoms with Crippen molar-refractivity contribution in [2.45, 2.75) is 36.8 Å². The Hall–Kier alpha value is -1.30. The first kappa shape index (κ1) is 17.1. The minimum Gasteiger partial charge on any atom is -0.395 e. The molecule has 0 aromatic carbocycles. The summed E-state index contributed by atoms with van der Waals surface area (Å²) in [5, 5.41) is 39.5. The molecule has 0 aliphatic carbocycles. The molecule has 2 fully saturated rings. The molecule has 0 saturated carbocycles. The number of hydrogen-bond donors (Lipinski definition) is 6. The summed E-state index contributed by atoms with van der Waals surface area (Å²) in [5.74, 6) is -1.12. The van der Waals surface area contributed by atoms with Gasteiger partial charge in [0, 0.05) is 19.5 Å². The van der Waals surface area contributed by atoms with Crippen LogP contribution in [0.15, 0.2) is 0 Å². The number of nitrogens with zero attached hydrogens (tertiary/aromatic N) is 2. The topological polar surface area (TPSA) is 160 Å². The van der Waals surface area contributed by atoms with Crippen molar-refractivity contribution >= 4 is 11.8 Å². The van der Waals surface area contributed by atoms with Gasteiger partial charge >= 0.3 is 0 Å². The van der Waals surface area contributed by atoms with Crippen LogP contribution in [-0.2, 0) is 9.59 Å². The number of aliphatic hydroxyl groups excluding tert-OH is 4. The molecule has 0 radical (unpaired) electrons. The minimum absolute atomic E-state index is 0.0129. The Morgan fingerprint density at radius 1 is 1.23 bits per heavy atom. The summed E-state index contributed by atoms with van der Waals surface area (Å²) < 4.78 is 0. The number of primary amides is 1. The lowest BCUT2D eigenvalue weighted by Gasteiger charge is -2.39. The van der Waals surface area contributed by atoms with Gasteiger partial charge in [-0.25, -0.2) is 10.4 Å². The quantitative estimate of drug-likeness (QED) is 0.302. The van der Waals surface area contributed by atoms with Crippen molar-refractivity contribution in [3.63, 3.8) is 0 Å². The SMILES string of the molecule is NC(=O)[C@@H]1C[C@@H](O)CN1C(=O)CN1C[C@@H](O)[C@H](O)[C@@H](CO)N1. The monoisotopic (exact) mass is 318 g/mol. The molecule has 2 amide bonds. The van der Waals surface area contributed by atoms with Crippen LogP contribution in [0.1, 0.15) is 6.42 Å². The van der Waals surface area contributed by atoms with E-state index in [1.54, 1.807) is 0 Å². The zero-order valence-corrected chi connectivity index (χ0v) is 12.0. The van der Waals surface area contributed by atoms with Gasteiger partial charge in [0.2, 0.25) is 11.8 Å². The fraction of sp³-hybridized carbons (Fsp3) is 0.833. The molecular weight excluding hydrogens is 296 g/mol. The van der Waals surface area contributed by atoms with Crippen LogP contribution >= 0.6 is 0 Å². The van der Waals surface area contributed by atoms with Crippen LogP contribution in [0.5, 0.6) is 0 Å². The van der Waals surface area contributed by atoms with Crippen LogP contribution in [0.4, 0.5) is 0 Å². The Bertz CT molecular complexity index is 436. The second kappa shape index (κ2) is 6.86. The van der Waals surface area contributed by atoms with E-state index in [0.717, 1.165) is 0 Å². The molecule has 10 nitrogen and oxygen atoms in total. The maximum atomic E-state index is 12.3. The van der Waals surface area contributed by atoms with Crippen molar-refractivity contribution in [3.05, 3.63) is 0 Å². The minimum atomic E-state index is -1.14. The van der Waals surface area contributed by atoms with Crippen LogP contribution in [-0.4, -0.2) is 98.8 Å². The number of β-amino-alcohol motifs (C(OH)–C–C–N with tert-alkyl or cyclic N) is 2. The maximum Gasteiger partial charge on any atom is 0.240 e. The number of aliphatic hydroxyl groups is 4. The van der Waals surface area contributed by atoms with Gasteiger partial charge in [-0.1, -0.05) is 0 Å². The van der Waals surface area contributed by atoms with Gasteiger partial charge < -0.3 is 31.1 Å². The molecule has 2 aliphatic rings. The number of rotatable bonds is 4. The van der Waals surface area contributed by atoms with E-state index in [1.165, 1.54) is 9.91 Å². The lowest BCUT2D eigenvalue weighted by Crippen LogP contribution is -2.65. The van der Waals surface area contributed by atoms with E-state index in [2.05, 4.69) is 5.43 Å². The van der Waals surface area contributed by atoms with Crippen LogP contribution in [0, 0.1) is 0 Å². The smallest absolute Gasteiger partial charge is 0.240 e. The van der Waals surface area contributed by atoms with E-state index in [0.29, 0.717) is 0 Å². The van der Waals surface area contributed by atoms with Crippen LogP contribution in [0.25, 0.3) is 0 Å². The first-order valence-corrected chi connectivity index (χ1v) is 7.08. The van der Waals surface area contributed by atoms with Gasteiger partial charge in [-0.2, -0.15) is 0 Å². The summed E-state index contributed by atoms with van der Waals surface area (Å²) >= 11 is 0. The molecule has 0 aromatic rings. The molecule has 2 heterocycles. The predicted octanol–water partition coefficient (Wildman–Crippen LogP) is -4.66. The van der Waals surface area contributed by atoms with Crippen LogP contribution in [0.2, 0.25) is 0 Å². The van der Waals surface area contributed by atoms with E-state index in [-0.39, 0.29) is 26.1 Å². The summed E-state index contributed by atoms with van der Waals surface area (Å²) in [7, 11) is 0. The molecular formula is C12H22N4O6. The lowest BCUT2D eigenvalue weighted by atomic mass is 10.0.